The first-order valence-electron chi connectivity index (χ1n) is 4.49. The third-order valence-electron chi connectivity index (χ3n) is 1.72. The van der Waals surface area contributed by atoms with Gasteiger partial charge in [0, 0.05) is 13.0 Å². The number of carbonyl (C=O) groups is 1. The van der Waals surface area contributed by atoms with Gasteiger partial charge in [-0.15, -0.1) is 11.3 Å². The van der Waals surface area contributed by atoms with Gasteiger partial charge < -0.3 is 5.32 Å². The van der Waals surface area contributed by atoms with E-state index in [0.29, 0.717) is 4.88 Å². The molecule has 0 saturated carbocycles. The van der Waals surface area contributed by atoms with Gasteiger partial charge in [-0.3, -0.25) is 4.79 Å². The highest BCUT2D eigenvalue weighted by Crippen LogP contribution is 2.22. The number of carbonyl (C=O) groups excluding carboxylic acids is 1. The maximum absolute atomic E-state index is 11.8. The van der Waals surface area contributed by atoms with Crippen LogP contribution in [0.1, 0.15) is 22.5 Å². The minimum atomic E-state index is -4.16. The largest absolute Gasteiger partial charge is 0.389 e. The van der Waals surface area contributed by atoms with Crippen LogP contribution in [-0.2, 0) is 0 Å². The third-order valence-corrected chi connectivity index (χ3v) is 3.34. The Bertz CT molecular complexity index is 364. The summed E-state index contributed by atoms with van der Waals surface area (Å²) < 4.78 is 36.2. The molecule has 90 valence electrons. The van der Waals surface area contributed by atoms with Gasteiger partial charge in [-0.05, 0) is 34.5 Å². The Labute approximate surface area is 103 Å². The maximum Gasteiger partial charge on any atom is 0.389 e. The summed E-state index contributed by atoms with van der Waals surface area (Å²) in [5, 5.41) is 2.44. The summed E-state index contributed by atoms with van der Waals surface area (Å²) in [5.74, 6) is -0.335. The molecule has 1 amide bonds. The van der Waals surface area contributed by atoms with Gasteiger partial charge in [-0.25, -0.2) is 0 Å². The summed E-state index contributed by atoms with van der Waals surface area (Å²) >= 11 is 4.44. The molecule has 0 unspecified atom stereocenters. The predicted octanol–water partition coefficient (Wildman–Crippen LogP) is 3.58. The van der Waals surface area contributed by atoms with Crippen LogP contribution < -0.4 is 5.32 Å². The quantitative estimate of drug-likeness (QED) is 0.845. The smallest absolute Gasteiger partial charge is 0.351 e. The molecule has 1 heterocycles. The normalized spacial score (nSPS) is 11.5. The molecule has 0 aliphatic carbocycles. The van der Waals surface area contributed by atoms with Crippen LogP contribution in [0.15, 0.2) is 15.9 Å². The summed E-state index contributed by atoms with van der Waals surface area (Å²) in [7, 11) is 0. The molecule has 0 radical (unpaired) electrons. The molecule has 16 heavy (non-hydrogen) atoms. The van der Waals surface area contributed by atoms with Crippen LogP contribution in [0.3, 0.4) is 0 Å². The zero-order valence-electron chi connectivity index (χ0n) is 8.10. The van der Waals surface area contributed by atoms with Crippen molar-refractivity contribution >= 4 is 33.2 Å². The summed E-state index contributed by atoms with van der Waals surface area (Å²) in [5.41, 5.74) is 0. The van der Waals surface area contributed by atoms with E-state index in [-0.39, 0.29) is 18.9 Å². The second-order valence-electron chi connectivity index (χ2n) is 3.08. The van der Waals surface area contributed by atoms with Crippen molar-refractivity contribution in [1.29, 1.82) is 0 Å². The second kappa shape index (κ2) is 5.67. The highest BCUT2D eigenvalue weighted by atomic mass is 79.9. The average molecular weight is 316 g/mol. The molecule has 0 aromatic carbocycles. The molecule has 1 N–H and O–H groups in total. The number of hydrogen-bond acceptors (Lipinski definition) is 2. The first-order chi connectivity index (χ1) is 7.38. The van der Waals surface area contributed by atoms with Crippen molar-refractivity contribution in [2.75, 3.05) is 6.54 Å². The van der Waals surface area contributed by atoms with E-state index in [9.17, 15) is 18.0 Å². The SMILES string of the molecule is O=C(NCCCC(F)(F)F)c1ccc(Br)s1. The van der Waals surface area contributed by atoms with Crippen LogP contribution in [0.4, 0.5) is 13.2 Å². The lowest BCUT2D eigenvalue weighted by Gasteiger charge is -2.06. The Hall–Kier alpha value is -0.560. The number of hydrogen-bond donors (Lipinski definition) is 1. The Balaban J connectivity index is 2.26. The average Bonchev–Trinajstić information content (AvgIpc) is 2.57. The van der Waals surface area contributed by atoms with E-state index in [1.54, 1.807) is 12.1 Å². The molecule has 2 nitrogen and oxygen atoms in total. The van der Waals surface area contributed by atoms with Crippen LogP contribution in [-0.4, -0.2) is 18.6 Å². The van der Waals surface area contributed by atoms with Crippen molar-refractivity contribution in [3.05, 3.63) is 20.8 Å². The number of alkyl halides is 3. The fourth-order valence-electron chi connectivity index (χ4n) is 1.01. The molecule has 1 aromatic rings. The monoisotopic (exact) mass is 315 g/mol. The van der Waals surface area contributed by atoms with Gasteiger partial charge in [0.2, 0.25) is 0 Å². The lowest BCUT2D eigenvalue weighted by atomic mass is 10.3. The van der Waals surface area contributed by atoms with Crippen molar-refractivity contribution in [2.24, 2.45) is 0 Å². The lowest BCUT2D eigenvalue weighted by molar-refractivity contribution is -0.135. The molecule has 0 fully saturated rings. The zero-order chi connectivity index (χ0) is 12.2. The molecule has 0 bridgehead atoms. The van der Waals surface area contributed by atoms with E-state index in [2.05, 4.69) is 21.2 Å². The molecule has 0 aliphatic rings. The van der Waals surface area contributed by atoms with E-state index in [1.807, 2.05) is 0 Å². The van der Waals surface area contributed by atoms with Gasteiger partial charge in [0.25, 0.3) is 5.91 Å². The minimum Gasteiger partial charge on any atom is -0.351 e. The Morgan fingerprint density at radius 3 is 2.62 bits per heavy atom. The summed E-state index contributed by atoms with van der Waals surface area (Å²) in [6.45, 7) is 0.0356. The number of nitrogens with one attached hydrogen (secondary N) is 1. The van der Waals surface area contributed by atoms with Crippen LogP contribution in [0, 0.1) is 0 Å². The van der Waals surface area contributed by atoms with Gasteiger partial charge in [0.05, 0.1) is 8.66 Å². The molecular weight excluding hydrogens is 307 g/mol. The fourth-order valence-corrected chi connectivity index (χ4v) is 2.32. The van der Waals surface area contributed by atoms with E-state index >= 15 is 0 Å². The molecule has 1 rings (SSSR count). The van der Waals surface area contributed by atoms with Crippen molar-refractivity contribution in [3.63, 3.8) is 0 Å². The van der Waals surface area contributed by atoms with Crippen molar-refractivity contribution < 1.29 is 18.0 Å². The first kappa shape index (κ1) is 13.5. The molecule has 0 aliphatic heterocycles. The molecular formula is C9H9BrF3NOS. The number of thiophene rings is 1. The summed E-state index contributed by atoms with van der Waals surface area (Å²) in [6.07, 6.45) is -5.13. The van der Waals surface area contributed by atoms with Crippen molar-refractivity contribution in [2.45, 2.75) is 19.0 Å². The minimum absolute atomic E-state index is 0.0356. The van der Waals surface area contributed by atoms with Gasteiger partial charge in [-0.1, -0.05) is 0 Å². The predicted molar refractivity (Wildman–Crippen MR) is 59.6 cm³/mol. The molecule has 7 heteroatoms. The third kappa shape index (κ3) is 4.98. The number of halogens is 4. The Kier molecular flexibility index (Phi) is 4.79. The van der Waals surface area contributed by atoms with Crippen molar-refractivity contribution in [1.82, 2.24) is 5.32 Å². The topological polar surface area (TPSA) is 29.1 Å². The summed E-state index contributed by atoms with van der Waals surface area (Å²) in [6, 6.07) is 3.34. The van der Waals surface area contributed by atoms with Crippen LogP contribution in [0.5, 0.6) is 0 Å². The first-order valence-corrected chi connectivity index (χ1v) is 6.10. The van der Waals surface area contributed by atoms with Gasteiger partial charge >= 0.3 is 6.18 Å². The molecule has 0 spiro atoms. The van der Waals surface area contributed by atoms with E-state index in [0.717, 1.165) is 3.79 Å². The summed E-state index contributed by atoms with van der Waals surface area (Å²) in [4.78, 5) is 11.9. The highest BCUT2D eigenvalue weighted by Gasteiger charge is 2.26. The number of rotatable bonds is 4. The van der Waals surface area contributed by atoms with Crippen LogP contribution in [0.25, 0.3) is 0 Å². The van der Waals surface area contributed by atoms with E-state index in [1.165, 1.54) is 11.3 Å². The van der Waals surface area contributed by atoms with Crippen molar-refractivity contribution in [3.8, 4) is 0 Å². The Morgan fingerprint density at radius 2 is 2.12 bits per heavy atom. The highest BCUT2D eigenvalue weighted by molar-refractivity contribution is 9.11. The zero-order valence-corrected chi connectivity index (χ0v) is 10.5. The van der Waals surface area contributed by atoms with Gasteiger partial charge in [-0.2, -0.15) is 13.2 Å². The molecule has 1 aromatic heterocycles. The van der Waals surface area contributed by atoms with Crippen LogP contribution >= 0.6 is 27.3 Å². The van der Waals surface area contributed by atoms with Crippen LogP contribution in [0.2, 0.25) is 0 Å². The second-order valence-corrected chi connectivity index (χ2v) is 5.54. The molecule has 0 saturated heterocycles. The van der Waals surface area contributed by atoms with Gasteiger partial charge in [0.1, 0.15) is 0 Å². The van der Waals surface area contributed by atoms with Gasteiger partial charge in [0.15, 0.2) is 0 Å². The number of amides is 1. The molecule has 0 atom stereocenters. The van der Waals surface area contributed by atoms with E-state index in [4.69, 9.17) is 0 Å². The fraction of sp³-hybridized carbons (Fsp3) is 0.444. The lowest BCUT2D eigenvalue weighted by Crippen LogP contribution is -2.24. The standard InChI is InChI=1S/C9H9BrF3NOS/c10-7-3-2-6(16-7)8(15)14-5-1-4-9(11,12)13/h2-3H,1,4-5H2,(H,14,15). The Morgan fingerprint density at radius 1 is 1.44 bits per heavy atom. The van der Waals surface area contributed by atoms with E-state index < -0.39 is 12.6 Å². The maximum atomic E-state index is 11.8.